The molecular weight excluding hydrogens is 415 g/mol. The highest BCUT2D eigenvalue weighted by Gasteiger charge is 2.09. The highest BCUT2D eigenvalue weighted by molar-refractivity contribution is 9.10. The molecule has 0 fully saturated rings. The molecule has 1 nitrogen and oxygen atoms in total. The van der Waals surface area contributed by atoms with Crippen molar-refractivity contribution in [2.75, 3.05) is 11.9 Å². The van der Waals surface area contributed by atoms with Gasteiger partial charge >= 0.3 is 0 Å². The van der Waals surface area contributed by atoms with Gasteiger partial charge in [0.1, 0.15) is 5.75 Å². The Morgan fingerprint density at radius 1 is 1.00 bits per heavy atom. The molecule has 0 bridgehead atoms. The van der Waals surface area contributed by atoms with Crippen LogP contribution in [0.2, 0.25) is 5.02 Å². The van der Waals surface area contributed by atoms with Crippen LogP contribution in [0.15, 0.2) is 53.0 Å². The number of ether oxygens (including phenoxy) is 1. The van der Waals surface area contributed by atoms with E-state index in [0.29, 0.717) is 5.92 Å². The molecule has 1 atom stereocenters. The summed E-state index contributed by atoms with van der Waals surface area (Å²) in [5, 5.41) is 1.76. The third kappa shape index (κ3) is 6.01. The molecule has 2 aromatic carbocycles. The summed E-state index contributed by atoms with van der Waals surface area (Å²) in [5.74, 6) is 1.47. The van der Waals surface area contributed by atoms with E-state index in [1.807, 2.05) is 36.4 Å². The molecule has 0 aliphatic rings. The van der Waals surface area contributed by atoms with Crippen LogP contribution in [-0.2, 0) is 6.42 Å². The van der Waals surface area contributed by atoms with Crippen molar-refractivity contribution in [1.82, 2.24) is 0 Å². The molecule has 0 aromatic heterocycles. The van der Waals surface area contributed by atoms with Crippen LogP contribution < -0.4 is 4.74 Å². The minimum atomic E-state index is 0.557. The van der Waals surface area contributed by atoms with Crippen LogP contribution in [0.4, 0.5) is 0 Å². The summed E-state index contributed by atoms with van der Waals surface area (Å²) in [6, 6.07) is 16.0. The molecule has 112 valence electrons. The molecule has 0 aliphatic carbocycles. The molecule has 2 aromatic rings. The van der Waals surface area contributed by atoms with Crippen molar-refractivity contribution >= 4 is 43.5 Å². The Balaban J connectivity index is 1.79. The second-order valence-electron chi connectivity index (χ2n) is 4.94. The number of hydrogen-bond donors (Lipinski definition) is 0. The second-order valence-corrected chi connectivity index (χ2v) is 6.94. The molecule has 0 saturated carbocycles. The van der Waals surface area contributed by atoms with Crippen molar-refractivity contribution in [3.8, 4) is 5.75 Å². The maximum Gasteiger partial charge on any atom is 0.119 e. The van der Waals surface area contributed by atoms with Crippen molar-refractivity contribution < 1.29 is 4.74 Å². The van der Waals surface area contributed by atoms with Gasteiger partial charge in [-0.15, -0.1) is 0 Å². The first-order valence-electron chi connectivity index (χ1n) is 6.86. The van der Waals surface area contributed by atoms with Crippen molar-refractivity contribution in [1.29, 1.82) is 0 Å². The maximum atomic E-state index is 5.91. The number of benzene rings is 2. The first kappa shape index (κ1) is 16.9. The normalized spacial score (nSPS) is 12.1. The lowest BCUT2D eigenvalue weighted by molar-refractivity contribution is 0.285. The van der Waals surface area contributed by atoms with E-state index < -0.39 is 0 Å². The molecule has 0 radical (unpaired) electrons. The van der Waals surface area contributed by atoms with Gasteiger partial charge in [-0.1, -0.05) is 55.6 Å². The van der Waals surface area contributed by atoms with Gasteiger partial charge in [-0.25, -0.2) is 0 Å². The van der Waals surface area contributed by atoms with Crippen LogP contribution in [0.1, 0.15) is 12.0 Å². The SMILES string of the molecule is Clc1ccc(CC(CBr)CCOc2ccc(Br)cc2)cc1. The standard InChI is InChI=1S/C17H17Br2ClO/c18-12-14(11-13-1-5-16(20)6-2-13)9-10-21-17-7-3-15(19)4-8-17/h1-8,14H,9-12H2. The molecule has 0 amide bonds. The largest absolute Gasteiger partial charge is 0.494 e. The molecule has 1 unspecified atom stereocenters. The zero-order valence-electron chi connectivity index (χ0n) is 11.6. The van der Waals surface area contributed by atoms with Crippen molar-refractivity contribution in [3.05, 3.63) is 63.6 Å². The maximum absolute atomic E-state index is 5.91. The number of rotatable bonds is 7. The first-order valence-corrected chi connectivity index (χ1v) is 9.15. The average molecular weight is 433 g/mol. The van der Waals surface area contributed by atoms with Gasteiger partial charge in [-0.2, -0.15) is 0 Å². The van der Waals surface area contributed by atoms with E-state index in [9.17, 15) is 0 Å². The zero-order valence-corrected chi connectivity index (χ0v) is 15.5. The van der Waals surface area contributed by atoms with Crippen molar-refractivity contribution in [2.45, 2.75) is 12.8 Å². The van der Waals surface area contributed by atoms with Gasteiger partial charge in [0.25, 0.3) is 0 Å². The summed E-state index contributed by atoms with van der Waals surface area (Å²) in [5.41, 5.74) is 1.31. The van der Waals surface area contributed by atoms with Crippen molar-refractivity contribution in [3.63, 3.8) is 0 Å². The molecule has 0 spiro atoms. The van der Waals surface area contributed by atoms with Gasteiger partial charge in [0.05, 0.1) is 6.61 Å². The van der Waals surface area contributed by atoms with Gasteiger partial charge in [-0.05, 0) is 60.7 Å². The van der Waals surface area contributed by atoms with Crippen LogP contribution in [0.5, 0.6) is 5.75 Å². The van der Waals surface area contributed by atoms with Crippen LogP contribution >= 0.6 is 43.5 Å². The zero-order chi connectivity index (χ0) is 15.1. The summed E-state index contributed by atoms with van der Waals surface area (Å²) in [6.07, 6.45) is 2.05. The van der Waals surface area contributed by atoms with Crippen LogP contribution in [0, 0.1) is 5.92 Å². The predicted molar refractivity (Wildman–Crippen MR) is 96.7 cm³/mol. The monoisotopic (exact) mass is 430 g/mol. The molecule has 0 aliphatic heterocycles. The molecule has 0 N–H and O–H groups in total. The highest BCUT2D eigenvalue weighted by Crippen LogP contribution is 2.19. The molecular formula is C17H17Br2ClO. The van der Waals surface area contributed by atoms with Gasteiger partial charge in [0.15, 0.2) is 0 Å². The summed E-state index contributed by atoms with van der Waals surface area (Å²) >= 11 is 12.9. The smallest absolute Gasteiger partial charge is 0.119 e. The highest BCUT2D eigenvalue weighted by atomic mass is 79.9. The Labute approximate surface area is 147 Å². The van der Waals surface area contributed by atoms with Crippen molar-refractivity contribution in [2.24, 2.45) is 5.92 Å². The molecule has 0 saturated heterocycles. The molecule has 0 heterocycles. The third-order valence-corrected chi connectivity index (χ3v) is 4.96. The quantitative estimate of drug-likeness (QED) is 0.479. The second kappa shape index (κ2) is 8.82. The first-order chi connectivity index (χ1) is 10.2. The lowest BCUT2D eigenvalue weighted by atomic mass is 9.98. The Bertz CT molecular complexity index is 540. The fraction of sp³-hybridized carbons (Fsp3) is 0.294. The minimum absolute atomic E-state index is 0.557. The van der Waals surface area contributed by atoms with E-state index in [0.717, 1.165) is 40.0 Å². The van der Waals surface area contributed by atoms with E-state index in [1.54, 1.807) is 0 Å². The summed E-state index contributed by atoms with van der Waals surface area (Å²) in [7, 11) is 0. The fourth-order valence-corrected chi connectivity index (χ4v) is 3.00. The van der Waals surface area contributed by atoms with Gasteiger partial charge in [-0.3, -0.25) is 0 Å². The van der Waals surface area contributed by atoms with E-state index in [1.165, 1.54) is 5.56 Å². The average Bonchev–Trinajstić information content (AvgIpc) is 2.50. The Morgan fingerprint density at radius 2 is 1.67 bits per heavy atom. The number of alkyl halides is 1. The van der Waals surface area contributed by atoms with E-state index >= 15 is 0 Å². The number of hydrogen-bond acceptors (Lipinski definition) is 1. The van der Waals surface area contributed by atoms with Crippen LogP contribution in [-0.4, -0.2) is 11.9 Å². The Morgan fingerprint density at radius 3 is 2.29 bits per heavy atom. The summed E-state index contributed by atoms with van der Waals surface area (Å²) in [4.78, 5) is 0. The molecule has 21 heavy (non-hydrogen) atoms. The number of halogens is 3. The van der Waals surface area contributed by atoms with Crippen LogP contribution in [0.3, 0.4) is 0 Å². The van der Waals surface area contributed by atoms with E-state index in [-0.39, 0.29) is 0 Å². The van der Waals surface area contributed by atoms with Gasteiger partial charge < -0.3 is 4.74 Å². The van der Waals surface area contributed by atoms with E-state index in [4.69, 9.17) is 16.3 Å². The lowest BCUT2D eigenvalue weighted by Gasteiger charge is -2.15. The fourth-order valence-electron chi connectivity index (χ4n) is 2.06. The summed E-state index contributed by atoms with van der Waals surface area (Å²) in [6.45, 7) is 0.728. The van der Waals surface area contributed by atoms with Crippen LogP contribution in [0.25, 0.3) is 0 Å². The van der Waals surface area contributed by atoms with E-state index in [2.05, 4.69) is 44.0 Å². The topological polar surface area (TPSA) is 9.23 Å². The van der Waals surface area contributed by atoms with Gasteiger partial charge in [0, 0.05) is 14.8 Å². The van der Waals surface area contributed by atoms with Gasteiger partial charge in [0.2, 0.25) is 0 Å². The minimum Gasteiger partial charge on any atom is -0.494 e. The Kier molecular flexibility index (Phi) is 7.08. The Hall–Kier alpha value is -0.510. The summed E-state index contributed by atoms with van der Waals surface area (Å²) < 4.78 is 6.85. The third-order valence-electron chi connectivity index (χ3n) is 3.26. The predicted octanol–water partition coefficient (Wildman–Crippen LogP) is 6.13. The molecule has 4 heteroatoms. The molecule has 2 rings (SSSR count). The lowest BCUT2D eigenvalue weighted by Crippen LogP contribution is -2.11.